The van der Waals surface area contributed by atoms with Gasteiger partial charge in [0.2, 0.25) is 5.88 Å². The molecule has 2 heterocycles. The molecule has 3 aromatic rings. The zero-order chi connectivity index (χ0) is 12.5. The Balaban J connectivity index is 1.97. The lowest BCUT2D eigenvalue weighted by molar-refractivity contribution is 0.447. The lowest BCUT2D eigenvalue weighted by Gasteiger charge is -2.06. The van der Waals surface area contributed by atoms with Crippen LogP contribution < -0.4 is 10.5 Å². The van der Waals surface area contributed by atoms with E-state index in [1.54, 1.807) is 30.3 Å². The highest BCUT2D eigenvalue weighted by Gasteiger charge is 2.06. The maximum absolute atomic E-state index is 5.99. The number of fused-ring (bicyclic) bond motifs is 1. The minimum Gasteiger partial charge on any atom is -0.436 e. The molecule has 3 rings (SSSR count). The second-order valence-corrected chi connectivity index (χ2v) is 3.90. The molecule has 0 amide bonds. The molecule has 2 aromatic heterocycles. The van der Waals surface area contributed by atoms with Crippen molar-refractivity contribution in [1.29, 1.82) is 0 Å². The summed E-state index contributed by atoms with van der Waals surface area (Å²) in [7, 11) is 0. The molecular formula is C10H7ClN6O. The van der Waals surface area contributed by atoms with Crippen molar-refractivity contribution in [2.24, 2.45) is 0 Å². The van der Waals surface area contributed by atoms with Crippen molar-refractivity contribution in [2.45, 2.75) is 0 Å². The van der Waals surface area contributed by atoms with E-state index in [0.717, 1.165) is 0 Å². The van der Waals surface area contributed by atoms with Gasteiger partial charge in [-0.15, -0.1) is 14.8 Å². The molecule has 0 aliphatic carbocycles. The number of hydrogen-bond acceptors (Lipinski definition) is 6. The first-order chi connectivity index (χ1) is 8.72. The number of anilines is 1. The van der Waals surface area contributed by atoms with E-state index >= 15 is 0 Å². The van der Waals surface area contributed by atoms with E-state index in [2.05, 4.69) is 20.6 Å². The van der Waals surface area contributed by atoms with Crippen LogP contribution in [0.25, 0.3) is 5.65 Å². The van der Waals surface area contributed by atoms with Crippen LogP contribution in [0.3, 0.4) is 0 Å². The third-order valence-corrected chi connectivity index (χ3v) is 2.53. The van der Waals surface area contributed by atoms with Gasteiger partial charge in [-0.2, -0.15) is 0 Å². The summed E-state index contributed by atoms with van der Waals surface area (Å²) in [6.45, 7) is 0. The van der Waals surface area contributed by atoms with E-state index in [-0.39, 0.29) is 0 Å². The summed E-state index contributed by atoms with van der Waals surface area (Å²) in [6.07, 6.45) is 0. The highest BCUT2D eigenvalue weighted by molar-refractivity contribution is 6.32. The number of tetrazole rings is 1. The third kappa shape index (κ3) is 1.91. The maximum atomic E-state index is 5.99. The molecule has 90 valence electrons. The SMILES string of the molecule is Nc1ccc(Cl)c(Oc2ccc3nnnn3n2)c1. The van der Waals surface area contributed by atoms with Crippen LogP contribution in [0.5, 0.6) is 11.6 Å². The topological polar surface area (TPSA) is 91.2 Å². The Morgan fingerprint density at radius 1 is 1.22 bits per heavy atom. The number of aromatic nitrogens is 5. The largest absolute Gasteiger partial charge is 0.436 e. The van der Waals surface area contributed by atoms with Gasteiger partial charge in [0, 0.05) is 17.8 Å². The van der Waals surface area contributed by atoms with Crippen molar-refractivity contribution in [3.63, 3.8) is 0 Å². The second kappa shape index (κ2) is 4.11. The first kappa shape index (κ1) is 10.7. The Kier molecular flexibility index (Phi) is 2.45. The first-order valence-electron chi connectivity index (χ1n) is 5.01. The van der Waals surface area contributed by atoms with Crippen LogP contribution in [0.4, 0.5) is 5.69 Å². The van der Waals surface area contributed by atoms with Gasteiger partial charge in [-0.3, -0.25) is 0 Å². The molecule has 0 aliphatic heterocycles. The van der Waals surface area contributed by atoms with E-state index in [9.17, 15) is 0 Å². The van der Waals surface area contributed by atoms with Gasteiger partial charge in [0.25, 0.3) is 0 Å². The second-order valence-electron chi connectivity index (χ2n) is 3.49. The normalized spacial score (nSPS) is 10.7. The zero-order valence-electron chi connectivity index (χ0n) is 8.99. The predicted molar refractivity (Wildman–Crippen MR) is 64.5 cm³/mol. The number of ether oxygens (including phenoxy) is 1. The summed E-state index contributed by atoms with van der Waals surface area (Å²) in [5.74, 6) is 0.749. The number of hydrogen-bond donors (Lipinski definition) is 1. The molecule has 0 aliphatic rings. The maximum Gasteiger partial charge on any atom is 0.239 e. The molecule has 1 aromatic carbocycles. The van der Waals surface area contributed by atoms with Crippen LogP contribution in [0.15, 0.2) is 30.3 Å². The fourth-order valence-corrected chi connectivity index (χ4v) is 1.55. The van der Waals surface area contributed by atoms with E-state index in [1.807, 2.05) is 0 Å². The number of nitrogens with two attached hydrogens (primary N) is 1. The van der Waals surface area contributed by atoms with Crippen molar-refractivity contribution in [3.05, 3.63) is 35.4 Å². The zero-order valence-corrected chi connectivity index (χ0v) is 9.74. The summed E-state index contributed by atoms with van der Waals surface area (Å²) < 4.78 is 6.79. The van der Waals surface area contributed by atoms with Crippen LogP contribution in [-0.4, -0.2) is 25.3 Å². The molecular weight excluding hydrogens is 256 g/mol. The molecule has 2 N–H and O–H groups in total. The van der Waals surface area contributed by atoms with Crippen LogP contribution in [0.1, 0.15) is 0 Å². The quantitative estimate of drug-likeness (QED) is 0.705. The fourth-order valence-electron chi connectivity index (χ4n) is 1.40. The van der Waals surface area contributed by atoms with Crippen molar-refractivity contribution in [3.8, 4) is 11.6 Å². The lowest BCUT2D eigenvalue weighted by atomic mass is 10.3. The van der Waals surface area contributed by atoms with E-state index in [1.165, 1.54) is 4.63 Å². The molecule has 0 atom stereocenters. The first-order valence-corrected chi connectivity index (χ1v) is 5.38. The number of benzene rings is 1. The van der Waals surface area contributed by atoms with Gasteiger partial charge >= 0.3 is 0 Å². The minimum atomic E-state index is 0.322. The van der Waals surface area contributed by atoms with E-state index in [0.29, 0.717) is 28.0 Å². The number of nitrogens with zero attached hydrogens (tertiary/aromatic N) is 5. The molecule has 8 heteroatoms. The highest BCUT2D eigenvalue weighted by Crippen LogP contribution is 2.30. The smallest absolute Gasteiger partial charge is 0.239 e. The van der Waals surface area contributed by atoms with Crippen molar-refractivity contribution in [2.75, 3.05) is 5.73 Å². The Bertz CT molecular complexity index is 712. The molecule has 18 heavy (non-hydrogen) atoms. The van der Waals surface area contributed by atoms with Crippen LogP contribution in [0, 0.1) is 0 Å². The Morgan fingerprint density at radius 3 is 3.00 bits per heavy atom. The van der Waals surface area contributed by atoms with Gasteiger partial charge in [0.05, 0.1) is 5.02 Å². The van der Waals surface area contributed by atoms with Crippen molar-refractivity contribution < 1.29 is 4.74 Å². The van der Waals surface area contributed by atoms with Gasteiger partial charge < -0.3 is 10.5 Å². The molecule has 7 nitrogen and oxygen atoms in total. The average molecular weight is 263 g/mol. The molecule has 0 radical (unpaired) electrons. The molecule has 0 saturated heterocycles. The van der Waals surface area contributed by atoms with Gasteiger partial charge in [-0.1, -0.05) is 11.6 Å². The van der Waals surface area contributed by atoms with E-state index < -0.39 is 0 Å². The standard InChI is InChI=1S/C10H7ClN6O/c11-7-2-1-6(12)5-8(7)18-10-4-3-9-13-15-16-17(9)14-10/h1-5H,12H2. The lowest BCUT2D eigenvalue weighted by Crippen LogP contribution is -1.97. The summed E-state index contributed by atoms with van der Waals surface area (Å²) in [4.78, 5) is 0. The molecule has 0 saturated carbocycles. The van der Waals surface area contributed by atoms with Gasteiger partial charge in [0.1, 0.15) is 5.75 Å². The summed E-state index contributed by atoms with van der Waals surface area (Å²) >= 11 is 5.99. The highest BCUT2D eigenvalue weighted by atomic mass is 35.5. The predicted octanol–water partition coefficient (Wildman–Crippen LogP) is 1.55. The average Bonchev–Trinajstić information content (AvgIpc) is 2.81. The summed E-state index contributed by atoms with van der Waals surface area (Å²) in [5, 5.41) is 15.4. The minimum absolute atomic E-state index is 0.322. The van der Waals surface area contributed by atoms with Crippen molar-refractivity contribution in [1.82, 2.24) is 25.3 Å². The molecule has 0 unspecified atom stereocenters. The molecule has 0 fully saturated rings. The van der Waals surface area contributed by atoms with Gasteiger partial charge in [0.15, 0.2) is 5.65 Å². The Morgan fingerprint density at radius 2 is 2.11 bits per heavy atom. The van der Waals surface area contributed by atoms with Gasteiger partial charge in [-0.05, 0) is 28.6 Å². The molecule has 0 bridgehead atoms. The summed E-state index contributed by atoms with van der Waals surface area (Å²) in [6, 6.07) is 8.29. The number of halogens is 1. The molecule has 0 spiro atoms. The monoisotopic (exact) mass is 262 g/mol. The van der Waals surface area contributed by atoms with Gasteiger partial charge in [-0.25, -0.2) is 0 Å². The Hall–Kier alpha value is -2.41. The fraction of sp³-hybridized carbons (Fsp3) is 0. The Labute approximate surface area is 106 Å². The van der Waals surface area contributed by atoms with Crippen molar-refractivity contribution >= 4 is 22.9 Å². The van der Waals surface area contributed by atoms with Crippen LogP contribution >= 0.6 is 11.6 Å². The van der Waals surface area contributed by atoms with Crippen LogP contribution in [0.2, 0.25) is 5.02 Å². The van der Waals surface area contributed by atoms with Crippen LogP contribution in [-0.2, 0) is 0 Å². The number of rotatable bonds is 2. The summed E-state index contributed by atoms with van der Waals surface area (Å²) in [5.41, 5.74) is 6.74. The van der Waals surface area contributed by atoms with E-state index in [4.69, 9.17) is 22.1 Å². The third-order valence-electron chi connectivity index (χ3n) is 2.21. The number of nitrogen functional groups attached to an aromatic ring is 1.